The number of furan rings is 1. The van der Waals surface area contributed by atoms with E-state index in [-0.39, 0.29) is 18.9 Å². The van der Waals surface area contributed by atoms with Crippen LogP contribution in [0.5, 0.6) is 0 Å². The number of thioether (sulfide) groups is 1. The third kappa shape index (κ3) is 8.13. The number of carboxylic acid groups (broad SMARTS) is 1. The number of aryl methyl sites for hydroxylation is 2. The number of rotatable bonds is 12. The van der Waals surface area contributed by atoms with Gasteiger partial charge in [-0.15, -0.1) is 11.3 Å². The van der Waals surface area contributed by atoms with E-state index in [1.54, 1.807) is 29.2 Å². The number of hydrogen-bond donors (Lipinski definition) is 2. The van der Waals surface area contributed by atoms with Crippen LogP contribution in [0.15, 0.2) is 70.5 Å². The number of aliphatic carboxylic acids is 1. The van der Waals surface area contributed by atoms with Gasteiger partial charge in [0.15, 0.2) is 0 Å². The van der Waals surface area contributed by atoms with Crippen molar-refractivity contribution in [2.24, 2.45) is 0 Å². The van der Waals surface area contributed by atoms with E-state index in [4.69, 9.17) is 9.15 Å². The van der Waals surface area contributed by atoms with Gasteiger partial charge in [0.25, 0.3) is 5.91 Å². The number of benzene rings is 2. The molecule has 2 heterocycles. The molecule has 0 aliphatic carbocycles. The van der Waals surface area contributed by atoms with Crippen LogP contribution in [0, 0.1) is 13.8 Å². The number of nitrogens with one attached hydrogen (secondary N) is 1. The minimum Gasteiger partial charge on any atom is -0.480 e. The van der Waals surface area contributed by atoms with E-state index < -0.39 is 17.9 Å². The molecule has 1 radical (unpaired) electrons. The van der Waals surface area contributed by atoms with Crippen LogP contribution in [0.3, 0.4) is 0 Å². The zero-order chi connectivity index (χ0) is 27.1. The first-order valence-electron chi connectivity index (χ1n) is 12.3. The van der Waals surface area contributed by atoms with Gasteiger partial charge in [-0.2, -0.15) is 11.8 Å². The molecule has 0 saturated carbocycles. The molecular formula is C30H31LiNO5S2. The van der Waals surface area contributed by atoms with Gasteiger partial charge in [-0.05, 0) is 95.8 Å². The normalized spacial score (nSPS) is 11.6. The van der Waals surface area contributed by atoms with Gasteiger partial charge in [-0.3, -0.25) is 4.79 Å². The molecular weight excluding hydrogens is 525 g/mol. The summed E-state index contributed by atoms with van der Waals surface area (Å²) in [4.78, 5) is 26.0. The first-order chi connectivity index (χ1) is 18.4. The molecule has 1 amide bonds. The minimum atomic E-state index is -1.04. The van der Waals surface area contributed by atoms with Crippen molar-refractivity contribution < 1.29 is 23.8 Å². The zero-order valence-corrected chi connectivity index (χ0v) is 24.3. The van der Waals surface area contributed by atoms with Crippen LogP contribution in [0.2, 0.25) is 0 Å². The summed E-state index contributed by atoms with van der Waals surface area (Å²) in [6.45, 7) is 4.70. The summed E-state index contributed by atoms with van der Waals surface area (Å²) in [7, 11) is 0. The van der Waals surface area contributed by atoms with Crippen molar-refractivity contribution >= 4 is 53.8 Å². The molecule has 2 aromatic heterocycles. The molecule has 9 heteroatoms. The fraction of sp³-hybridized carbons (Fsp3) is 0.267. The average molecular weight is 557 g/mol. The first-order valence-corrected chi connectivity index (χ1v) is 14.6. The third-order valence-electron chi connectivity index (χ3n) is 6.13. The Morgan fingerprint density at radius 1 is 1.05 bits per heavy atom. The predicted molar refractivity (Wildman–Crippen MR) is 160 cm³/mol. The molecule has 0 fully saturated rings. The summed E-state index contributed by atoms with van der Waals surface area (Å²) in [5, 5.41) is 14.4. The number of thiophene rings is 1. The topological polar surface area (TPSA) is 88.8 Å². The van der Waals surface area contributed by atoms with Crippen molar-refractivity contribution in [3.05, 3.63) is 94.1 Å². The molecule has 0 aliphatic rings. The Kier molecular flexibility index (Phi) is 11.5. The maximum absolute atomic E-state index is 13.2. The van der Waals surface area contributed by atoms with Crippen molar-refractivity contribution in [3.63, 3.8) is 0 Å². The Bertz CT molecular complexity index is 1410. The summed E-state index contributed by atoms with van der Waals surface area (Å²) >= 11 is 3.20. The zero-order valence-electron chi connectivity index (χ0n) is 22.7. The van der Waals surface area contributed by atoms with E-state index in [9.17, 15) is 14.7 Å². The molecule has 1 atom stereocenters. The van der Waals surface area contributed by atoms with Crippen molar-refractivity contribution in [2.75, 3.05) is 12.0 Å². The molecule has 4 aromatic rings. The Hall–Kier alpha value is -2.73. The van der Waals surface area contributed by atoms with Crippen LogP contribution >= 0.6 is 23.1 Å². The molecule has 0 bridgehead atoms. The summed E-state index contributed by atoms with van der Waals surface area (Å²) in [5.41, 5.74) is 5.21. The number of amides is 1. The number of carbonyl (C=O) groups is 2. The molecule has 0 saturated heterocycles. The SMILES string of the molecule is CSCC[C@H](NC(=O)c1ccc(COCc2ccc(-c3cc(C)cs3)o2)cc1-c1ccccc1C)C(=O)O.[Li]. The van der Waals surface area contributed by atoms with Crippen molar-refractivity contribution in [3.8, 4) is 21.8 Å². The van der Waals surface area contributed by atoms with E-state index in [1.807, 2.05) is 61.7 Å². The van der Waals surface area contributed by atoms with E-state index in [0.717, 1.165) is 38.7 Å². The summed E-state index contributed by atoms with van der Waals surface area (Å²) in [5.74, 6) is 0.769. The minimum absolute atomic E-state index is 0. The number of carbonyl (C=O) groups excluding carboxylic acids is 1. The van der Waals surface area contributed by atoms with E-state index in [1.165, 1.54) is 5.56 Å². The van der Waals surface area contributed by atoms with Gasteiger partial charge < -0.3 is 19.6 Å². The third-order valence-corrected chi connectivity index (χ3v) is 7.83. The Morgan fingerprint density at radius 3 is 2.54 bits per heavy atom. The van der Waals surface area contributed by atoms with Gasteiger partial charge in [-0.25, -0.2) is 4.79 Å². The molecule has 2 N–H and O–H groups in total. The molecule has 4 rings (SSSR count). The number of hydrogen-bond acceptors (Lipinski definition) is 6. The second kappa shape index (κ2) is 14.6. The summed E-state index contributed by atoms with van der Waals surface area (Å²) in [6.07, 6.45) is 2.27. The molecule has 199 valence electrons. The van der Waals surface area contributed by atoms with E-state index in [0.29, 0.717) is 31.0 Å². The fourth-order valence-corrected chi connectivity index (χ4v) is 5.46. The Morgan fingerprint density at radius 2 is 1.85 bits per heavy atom. The molecule has 39 heavy (non-hydrogen) atoms. The smallest absolute Gasteiger partial charge is 0.326 e. The van der Waals surface area contributed by atoms with Gasteiger partial charge in [0, 0.05) is 24.4 Å². The van der Waals surface area contributed by atoms with Crippen LogP contribution in [0.1, 0.15) is 39.2 Å². The van der Waals surface area contributed by atoms with Gasteiger partial charge in [-0.1, -0.05) is 30.3 Å². The maximum Gasteiger partial charge on any atom is 0.326 e. The van der Waals surface area contributed by atoms with Gasteiger partial charge in [0.2, 0.25) is 0 Å². The molecule has 0 aliphatic heterocycles. The maximum atomic E-state index is 13.2. The van der Waals surface area contributed by atoms with Gasteiger partial charge >= 0.3 is 5.97 Å². The summed E-state index contributed by atoms with van der Waals surface area (Å²) in [6, 6.07) is 18.4. The second-order valence-electron chi connectivity index (χ2n) is 9.09. The largest absolute Gasteiger partial charge is 0.480 e. The van der Waals surface area contributed by atoms with Crippen LogP contribution in [0.25, 0.3) is 21.8 Å². The van der Waals surface area contributed by atoms with E-state index >= 15 is 0 Å². The first kappa shape index (κ1) is 30.8. The number of ether oxygens (including phenoxy) is 1. The van der Waals surface area contributed by atoms with Crippen LogP contribution in [0.4, 0.5) is 0 Å². The van der Waals surface area contributed by atoms with Crippen molar-refractivity contribution in [1.82, 2.24) is 5.32 Å². The Labute approximate surface area is 249 Å². The summed E-state index contributed by atoms with van der Waals surface area (Å²) < 4.78 is 11.9. The molecule has 0 unspecified atom stereocenters. The van der Waals surface area contributed by atoms with E-state index in [2.05, 4.69) is 23.7 Å². The van der Waals surface area contributed by atoms with Gasteiger partial charge in [0.1, 0.15) is 24.2 Å². The van der Waals surface area contributed by atoms with Crippen LogP contribution in [-0.4, -0.2) is 53.9 Å². The second-order valence-corrected chi connectivity index (χ2v) is 11.0. The molecule has 0 spiro atoms. The van der Waals surface area contributed by atoms with Crippen molar-refractivity contribution in [1.29, 1.82) is 0 Å². The molecule has 2 aromatic carbocycles. The Balaban J connectivity index is 0.00000420. The quantitative estimate of drug-likeness (QED) is 0.192. The predicted octanol–water partition coefficient (Wildman–Crippen LogP) is 6.56. The van der Waals surface area contributed by atoms with Gasteiger partial charge in [0.05, 0.1) is 11.5 Å². The number of carboxylic acids is 1. The standard InChI is InChI=1S/C30H31NO5S2.Li/c1-19-14-28(38-18-19)27-11-9-22(36-27)17-35-16-21-8-10-24(25(15-21)23-7-5-4-6-20(23)2)29(32)31-26(30(33)34)12-13-37-3;/h4-11,14-15,18,26H,12-13,16-17H2,1-3H3,(H,31,32)(H,33,34);/t26-;/m0./s1. The average Bonchev–Trinajstić information content (AvgIpc) is 3.55. The van der Waals surface area contributed by atoms with Crippen LogP contribution < -0.4 is 5.32 Å². The van der Waals surface area contributed by atoms with Crippen LogP contribution in [-0.2, 0) is 22.7 Å². The molecule has 6 nitrogen and oxygen atoms in total. The monoisotopic (exact) mass is 556 g/mol. The van der Waals surface area contributed by atoms with Crippen molar-refractivity contribution in [2.45, 2.75) is 39.5 Å². The fourth-order valence-electron chi connectivity index (χ4n) is 4.12.